The lowest BCUT2D eigenvalue weighted by molar-refractivity contribution is -0.113. The molecule has 0 radical (unpaired) electrons. The molecule has 0 fully saturated rings. The smallest absolute Gasteiger partial charge is 0.253 e. The number of hydrogen-bond donors (Lipinski definition) is 2. The first-order valence-electron chi connectivity index (χ1n) is 9.76. The Morgan fingerprint density at radius 2 is 1.88 bits per heavy atom. The van der Waals surface area contributed by atoms with Gasteiger partial charge in [0.25, 0.3) is 5.91 Å². The molecule has 7 nitrogen and oxygen atoms in total. The summed E-state index contributed by atoms with van der Waals surface area (Å²) < 4.78 is 2.60. The molecule has 174 valence electrons. The number of nitrogens with one attached hydrogen (secondary N) is 2. The third kappa shape index (κ3) is 6.64. The lowest BCUT2D eigenvalue weighted by Gasteiger charge is -2.15. The van der Waals surface area contributed by atoms with Crippen molar-refractivity contribution in [2.45, 2.75) is 31.6 Å². The number of nitrogens with zero attached hydrogens (tertiary/aromatic N) is 3. The van der Waals surface area contributed by atoms with Gasteiger partial charge in [0.15, 0.2) is 11.0 Å². The molecule has 0 aliphatic rings. The Morgan fingerprint density at radius 3 is 2.55 bits per heavy atom. The van der Waals surface area contributed by atoms with E-state index in [4.69, 9.17) is 34.8 Å². The van der Waals surface area contributed by atoms with Crippen molar-refractivity contribution < 1.29 is 9.59 Å². The number of carbonyl (C=O) groups is 2. The minimum atomic E-state index is -0.440. The molecular formula is C21H19BrCl3N5O2S. The van der Waals surface area contributed by atoms with Gasteiger partial charge in [0.05, 0.1) is 27.4 Å². The van der Waals surface area contributed by atoms with E-state index < -0.39 is 6.04 Å². The molecule has 0 unspecified atom stereocenters. The Balaban J connectivity index is 1.64. The number of halogens is 4. The van der Waals surface area contributed by atoms with Gasteiger partial charge in [-0.3, -0.25) is 9.59 Å². The van der Waals surface area contributed by atoms with Gasteiger partial charge < -0.3 is 15.2 Å². The zero-order valence-electron chi connectivity index (χ0n) is 17.5. The molecule has 3 aromatic rings. The number of rotatable bonds is 8. The van der Waals surface area contributed by atoms with Gasteiger partial charge in [0.1, 0.15) is 0 Å². The lowest BCUT2D eigenvalue weighted by Crippen LogP contribution is -2.29. The van der Waals surface area contributed by atoms with Crippen LogP contribution in [0.4, 0.5) is 5.69 Å². The summed E-state index contributed by atoms with van der Waals surface area (Å²) in [5, 5.41) is 15.9. The van der Waals surface area contributed by atoms with E-state index in [1.54, 1.807) is 37.3 Å². The lowest BCUT2D eigenvalue weighted by atomic mass is 10.2. The molecule has 1 heterocycles. The second-order valence-corrected chi connectivity index (χ2v) is 9.92. The Bertz CT molecular complexity index is 1190. The van der Waals surface area contributed by atoms with Gasteiger partial charge in [0.2, 0.25) is 5.91 Å². The van der Waals surface area contributed by atoms with Crippen molar-refractivity contribution in [2.24, 2.45) is 0 Å². The summed E-state index contributed by atoms with van der Waals surface area (Å²) in [6, 6.07) is 9.42. The van der Waals surface area contributed by atoms with E-state index in [-0.39, 0.29) is 22.6 Å². The predicted octanol–water partition coefficient (Wildman–Crippen LogP) is 6.24. The van der Waals surface area contributed by atoms with Gasteiger partial charge >= 0.3 is 0 Å². The number of hydrogen-bond acceptors (Lipinski definition) is 5. The van der Waals surface area contributed by atoms with E-state index in [9.17, 15) is 9.59 Å². The number of amides is 2. The van der Waals surface area contributed by atoms with E-state index >= 15 is 0 Å². The zero-order chi connectivity index (χ0) is 24.1. The SMILES string of the molecule is CCn1c(SCC(=O)Nc2ccc(Br)c(Cl)c2)nnc1[C@H](C)NC(=O)c1ccc(Cl)cc1Cl. The second kappa shape index (κ2) is 11.6. The molecule has 1 aromatic heterocycles. The van der Waals surface area contributed by atoms with Crippen LogP contribution in [0.1, 0.15) is 36.1 Å². The highest BCUT2D eigenvalue weighted by Gasteiger charge is 2.21. The highest BCUT2D eigenvalue weighted by atomic mass is 79.9. The normalized spacial score (nSPS) is 11.8. The number of benzene rings is 2. The van der Waals surface area contributed by atoms with Crippen LogP contribution in [0.25, 0.3) is 0 Å². The molecular weight excluding hydrogens is 573 g/mol. The summed E-state index contributed by atoms with van der Waals surface area (Å²) in [5.41, 5.74) is 0.915. The van der Waals surface area contributed by atoms with Gasteiger partial charge in [0, 0.05) is 21.7 Å². The molecule has 2 N–H and O–H groups in total. The summed E-state index contributed by atoms with van der Waals surface area (Å²) in [7, 11) is 0. The maximum absolute atomic E-state index is 12.6. The highest BCUT2D eigenvalue weighted by molar-refractivity contribution is 9.10. The second-order valence-electron chi connectivity index (χ2n) is 6.87. The Hall–Kier alpha value is -1.78. The van der Waals surface area contributed by atoms with Crippen molar-refractivity contribution in [1.82, 2.24) is 20.1 Å². The first-order valence-corrected chi connectivity index (χ1v) is 12.7. The topological polar surface area (TPSA) is 88.9 Å². The van der Waals surface area contributed by atoms with Crippen molar-refractivity contribution in [2.75, 3.05) is 11.1 Å². The van der Waals surface area contributed by atoms with Crippen LogP contribution in [-0.2, 0) is 11.3 Å². The third-order valence-electron chi connectivity index (χ3n) is 4.51. The molecule has 0 saturated carbocycles. The summed E-state index contributed by atoms with van der Waals surface area (Å²) in [4.78, 5) is 25.0. The summed E-state index contributed by atoms with van der Waals surface area (Å²) in [5.74, 6) is 0.145. The largest absolute Gasteiger partial charge is 0.342 e. The summed E-state index contributed by atoms with van der Waals surface area (Å²) in [6.45, 7) is 4.30. The average molecular weight is 592 g/mol. The summed E-state index contributed by atoms with van der Waals surface area (Å²) in [6.07, 6.45) is 0. The van der Waals surface area contributed by atoms with Gasteiger partial charge in [-0.2, -0.15) is 0 Å². The number of carbonyl (C=O) groups excluding carboxylic acids is 2. The van der Waals surface area contributed by atoms with Gasteiger partial charge in [-0.15, -0.1) is 10.2 Å². The number of anilines is 1. The highest BCUT2D eigenvalue weighted by Crippen LogP contribution is 2.26. The van der Waals surface area contributed by atoms with Crippen LogP contribution < -0.4 is 10.6 Å². The molecule has 2 aromatic carbocycles. The fourth-order valence-corrected chi connectivity index (χ4v) is 4.67. The molecule has 0 saturated heterocycles. The molecule has 0 aliphatic heterocycles. The Morgan fingerprint density at radius 1 is 1.12 bits per heavy atom. The van der Waals surface area contributed by atoms with Crippen molar-refractivity contribution in [3.63, 3.8) is 0 Å². The fraction of sp³-hybridized carbons (Fsp3) is 0.238. The fourth-order valence-electron chi connectivity index (χ4n) is 2.94. The van der Waals surface area contributed by atoms with Crippen LogP contribution in [0.3, 0.4) is 0 Å². The standard InChI is InChI=1S/C21H19BrCl3N5O2S/c1-3-30-19(11(2)26-20(32)14-6-4-12(23)8-16(14)24)28-29-21(30)33-10-18(31)27-13-5-7-15(22)17(25)9-13/h4-9,11H,3,10H2,1-2H3,(H,26,32)(H,27,31)/t11-/m0/s1. The zero-order valence-corrected chi connectivity index (χ0v) is 22.2. The van der Waals surface area contributed by atoms with Crippen LogP contribution in [-0.4, -0.2) is 32.3 Å². The van der Waals surface area contributed by atoms with Crippen LogP contribution in [0.5, 0.6) is 0 Å². The van der Waals surface area contributed by atoms with Crippen LogP contribution in [0, 0.1) is 0 Å². The van der Waals surface area contributed by atoms with Gasteiger partial charge in [-0.05, 0) is 66.2 Å². The molecule has 2 amide bonds. The van der Waals surface area contributed by atoms with E-state index in [0.29, 0.717) is 38.8 Å². The van der Waals surface area contributed by atoms with E-state index in [0.717, 1.165) is 4.47 Å². The average Bonchev–Trinajstić information content (AvgIpc) is 3.18. The van der Waals surface area contributed by atoms with E-state index in [2.05, 4.69) is 36.8 Å². The summed E-state index contributed by atoms with van der Waals surface area (Å²) >= 11 is 22.7. The van der Waals surface area contributed by atoms with Gasteiger partial charge in [-0.25, -0.2) is 0 Å². The van der Waals surface area contributed by atoms with Crippen molar-refractivity contribution in [3.8, 4) is 0 Å². The first kappa shape index (κ1) is 25.8. The molecule has 0 bridgehead atoms. The van der Waals surface area contributed by atoms with Crippen molar-refractivity contribution >= 4 is 80.0 Å². The molecule has 0 aliphatic carbocycles. The number of thioether (sulfide) groups is 1. The maximum atomic E-state index is 12.6. The van der Waals surface area contributed by atoms with Crippen LogP contribution in [0.15, 0.2) is 46.0 Å². The first-order chi connectivity index (χ1) is 15.7. The third-order valence-corrected chi connectivity index (χ3v) is 7.26. The monoisotopic (exact) mass is 589 g/mol. The van der Waals surface area contributed by atoms with Gasteiger partial charge in [-0.1, -0.05) is 46.6 Å². The Kier molecular flexibility index (Phi) is 9.06. The molecule has 0 spiro atoms. The number of aromatic nitrogens is 3. The van der Waals surface area contributed by atoms with Crippen LogP contribution >= 0.6 is 62.5 Å². The maximum Gasteiger partial charge on any atom is 0.253 e. The molecule has 3 rings (SSSR count). The predicted molar refractivity (Wildman–Crippen MR) is 137 cm³/mol. The van der Waals surface area contributed by atoms with E-state index in [1.807, 2.05) is 11.5 Å². The minimum Gasteiger partial charge on any atom is -0.342 e. The van der Waals surface area contributed by atoms with Crippen LogP contribution in [0.2, 0.25) is 15.1 Å². The molecule has 1 atom stereocenters. The molecule has 12 heteroatoms. The van der Waals surface area contributed by atoms with Crippen molar-refractivity contribution in [1.29, 1.82) is 0 Å². The molecule has 33 heavy (non-hydrogen) atoms. The van der Waals surface area contributed by atoms with E-state index in [1.165, 1.54) is 17.8 Å². The Labute approximate surface area is 218 Å². The minimum absolute atomic E-state index is 0.132. The van der Waals surface area contributed by atoms with Crippen molar-refractivity contribution in [3.05, 3.63) is 67.3 Å². The quantitative estimate of drug-likeness (QED) is 0.303.